The molecule has 0 aromatic rings. The normalized spacial score (nSPS) is 32.0. The molecule has 0 radical (unpaired) electrons. The molecule has 3 nitrogen and oxygen atoms in total. The molecule has 3 aliphatic rings. The zero-order valence-corrected chi connectivity index (χ0v) is 10.0. The third-order valence-electron chi connectivity index (χ3n) is 4.29. The van der Waals surface area contributed by atoms with Crippen molar-refractivity contribution < 1.29 is 4.79 Å². The van der Waals surface area contributed by atoms with Crippen molar-refractivity contribution in [2.45, 2.75) is 44.6 Å². The SMILES string of the molecule is O=C(C1CC1)N1CCCC(N2CCCC2)C1. The highest BCUT2D eigenvalue weighted by atomic mass is 16.2. The largest absolute Gasteiger partial charge is 0.341 e. The Hall–Kier alpha value is -0.570. The van der Waals surface area contributed by atoms with Gasteiger partial charge in [0.05, 0.1) is 0 Å². The van der Waals surface area contributed by atoms with Crippen molar-refractivity contribution in [3.8, 4) is 0 Å². The Morgan fingerprint density at radius 2 is 1.69 bits per heavy atom. The van der Waals surface area contributed by atoms with Gasteiger partial charge < -0.3 is 4.90 Å². The van der Waals surface area contributed by atoms with E-state index in [1.54, 1.807) is 0 Å². The molecule has 16 heavy (non-hydrogen) atoms. The van der Waals surface area contributed by atoms with Crippen LogP contribution in [0.3, 0.4) is 0 Å². The summed E-state index contributed by atoms with van der Waals surface area (Å²) in [4.78, 5) is 16.8. The quantitative estimate of drug-likeness (QED) is 0.706. The van der Waals surface area contributed by atoms with Gasteiger partial charge in [0.2, 0.25) is 5.91 Å². The molecule has 3 rings (SSSR count). The molecule has 2 saturated heterocycles. The van der Waals surface area contributed by atoms with Crippen molar-refractivity contribution >= 4 is 5.91 Å². The molecule has 1 aliphatic carbocycles. The van der Waals surface area contributed by atoms with Gasteiger partial charge in [0, 0.05) is 25.0 Å². The zero-order valence-electron chi connectivity index (χ0n) is 10.0. The van der Waals surface area contributed by atoms with Crippen LogP contribution in [0.4, 0.5) is 0 Å². The smallest absolute Gasteiger partial charge is 0.225 e. The first-order chi connectivity index (χ1) is 7.84. The lowest BCUT2D eigenvalue weighted by Crippen LogP contribution is -2.49. The van der Waals surface area contributed by atoms with Gasteiger partial charge in [-0.3, -0.25) is 9.69 Å². The zero-order chi connectivity index (χ0) is 11.0. The number of likely N-dealkylation sites (tertiary alicyclic amines) is 2. The van der Waals surface area contributed by atoms with Crippen molar-refractivity contribution in [1.29, 1.82) is 0 Å². The molecular weight excluding hydrogens is 200 g/mol. The molecule has 2 heterocycles. The van der Waals surface area contributed by atoms with E-state index in [0.29, 0.717) is 17.9 Å². The number of rotatable bonds is 2. The van der Waals surface area contributed by atoms with E-state index in [-0.39, 0.29) is 0 Å². The highest BCUT2D eigenvalue weighted by Gasteiger charge is 2.36. The Labute approximate surface area is 97.8 Å². The average molecular weight is 222 g/mol. The van der Waals surface area contributed by atoms with Gasteiger partial charge in [-0.05, 0) is 51.6 Å². The maximum absolute atomic E-state index is 12.0. The Morgan fingerprint density at radius 3 is 2.38 bits per heavy atom. The summed E-state index contributed by atoms with van der Waals surface area (Å²) in [6.07, 6.45) is 7.50. The van der Waals surface area contributed by atoms with E-state index in [9.17, 15) is 4.79 Å². The van der Waals surface area contributed by atoms with Crippen LogP contribution in [0.1, 0.15) is 38.5 Å². The van der Waals surface area contributed by atoms with Crippen molar-refractivity contribution in [2.75, 3.05) is 26.2 Å². The van der Waals surface area contributed by atoms with Crippen molar-refractivity contribution in [3.05, 3.63) is 0 Å². The summed E-state index contributed by atoms with van der Waals surface area (Å²) in [5, 5.41) is 0. The fourth-order valence-corrected chi connectivity index (χ4v) is 3.15. The molecule has 0 bridgehead atoms. The van der Waals surface area contributed by atoms with Gasteiger partial charge in [0.25, 0.3) is 0 Å². The third kappa shape index (κ3) is 2.10. The molecule has 1 saturated carbocycles. The van der Waals surface area contributed by atoms with Gasteiger partial charge in [-0.1, -0.05) is 0 Å². The molecule has 0 spiro atoms. The van der Waals surface area contributed by atoms with Crippen LogP contribution in [0, 0.1) is 5.92 Å². The number of hydrogen-bond donors (Lipinski definition) is 0. The van der Waals surface area contributed by atoms with Gasteiger partial charge in [0.1, 0.15) is 0 Å². The molecule has 3 fully saturated rings. The van der Waals surface area contributed by atoms with Crippen molar-refractivity contribution in [1.82, 2.24) is 9.80 Å². The third-order valence-corrected chi connectivity index (χ3v) is 4.29. The van der Waals surface area contributed by atoms with Crippen LogP contribution in [0.25, 0.3) is 0 Å². The lowest BCUT2D eigenvalue weighted by Gasteiger charge is -2.37. The lowest BCUT2D eigenvalue weighted by atomic mass is 10.0. The summed E-state index contributed by atoms with van der Waals surface area (Å²) in [7, 11) is 0. The average Bonchev–Trinajstić information content (AvgIpc) is 3.03. The first-order valence-corrected chi connectivity index (χ1v) is 6.87. The van der Waals surface area contributed by atoms with E-state index in [0.717, 1.165) is 25.9 Å². The fraction of sp³-hybridized carbons (Fsp3) is 0.923. The first kappa shape index (κ1) is 10.6. The number of carbonyl (C=O) groups excluding carboxylic acids is 1. The van der Waals surface area contributed by atoms with Crippen LogP contribution in [-0.4, -0.2) is 47.9 Å². The molecule has 0 N–H and O–H groups in total. The van der Waals surface area contributed by atoms with Crippen LogP contribution in [0.15, 0.2) is 0 Å². The molecule has 3 heteroatoms. The van der Waals surface area contributed by atoms with E-state index >= 15 is 0 Å². The maximum Gasteiger partial charge on any atom is 0.225 e. The molecule has 2 aliphatic heterocycles. The lowest BCUT2D eigenvalue weighted by molar-refractivity contribution is -0.134. The van der Waals surface area contributed by atoms with Crippen molar-refractivity contribution in [2.24, 2.45) is 5.92 Å². The molecule has 1 amide bonds. The Bertz CT molecular complexity index is 269. The van der Waals surface area contributed by atoms with E-state index in [2.05, 4.69) is 9.80 Å². The predicted octanol–water partition coefficient (Wildman–Crippen LogP) is 1.48. The maximum atomic E-state index is 12.0. The minimum atomic E-state index is 0.400. The standard InChI is InChI=1S/C13H22N2O/c16-13(11-5-6-11)15-9-3-4-12(10-15)14-7-1-2-8-14/h11-12H,1-10H2. The Kier molecular flexibility index (Phi) is 2.88. The monoisotopic (exact) mass is 222 g/mol. The number of carbonyl (C=O) groups is 1. The molecule has 0 aromatic carbocycles. The first-order valence-electron chi connectivity index (χ1n) is 6.87. The summed E-state index contributed by atoms with van der Waals surface area (Å²) in [6, 6.07) is 0.666. The van der Waals surface area contributed by atoms with Gasteiger partial charge >= 0.3 is 0 Å². The van der Waals surface area contributed by atoms with Gasteiger partial charge in [0.15, 0.2) is 0 Å². The fourth-order valence-electron chi connectivity index (χ4n) is 3.15. The van der Waals surface area contributed by atoms with Crippen molar-refractivity contribution in [3.63, 3.8) is 0 Å². The van der Waals surface area contributed by atoms with Crippen LogP contribution in [-0.2, 0) is 4.79 Å². The summed E-state index contributed by atoms with van der Waals surface area (Å²) < 4.78 is 0. The Morgan fingerprint density at radius 1 is 0.938 bits per heavy atom. The van der Waals surface area contributed by atoms with Crippen LogP contribution < -0.4 is 0 Å². The Balaban J connectivity index is 1.58. The second-order valence-electron chi connectivity index (χ2n) is 5.60. The van der Waals surface area contributed by atoms with Gasteiger partial charge in [-0.15, -0.1) is 0 Å². The number of piperidine rings is 1. The summed E-state index contributed by atoms with van der Waals surface area (Å²) >= 11 is 0. The summed E-state index contributed by atoms with van der Waals surface area (Å²) in [5.41, 5.74) is 0. The second-order valence-corrected chi connectivity index (χ2v) is 5.60. The minimum Gasteiger partial charge on any atom is -0.341 e. The topological polar surface area (TPSA) is 23.6 Å². The number of hydrogen-bond acceptors (Lipinski definition) is 2. The van der Waals surface area contributed by atoms with Crippen LogP contribution in [0.2, 0.25) is 0 Å². The van der Waals surface area contributed by atoms with E-state index < -0.39 is 0 Å². The number of nitrogens with zero attached hydrogens (tertiary/aromatic N) is 2. The highest BCUT2D eigenvalue weighted by Crippen LogP contribution is 2.32. The van der Waals surface area contributed by atoms with Gasteiger partial charge in [-0.25, -0.2) is 0 Å². The molecule has 0 aromatic heterocycles. The minimum absolute atomic E-state index is 0.400. The van der Waals surface area contributed by atoms with E-state index in [1.165, 1.54) is 38.8 Å². The molecule has 90 valence electrons. The molecule has 1 unspecified atom stereocenters. The van der Waals surface area contributed by atoms with Crippen LogP contribution in [0.5, 0.6) is 0 Å². The summed E-state index contributed by atoms with van der Waals surface area (Å²) in [6.45, 7) is 4.54. The second kappa shape index (κ2) is 4.36. The molecule has 1 atom stereocenters. The van der Waals surface area contributed by atoms with E-state index in [1.807, 2.05) is 0 Å². The van der Waals surface area contributed by atoms with Gasteiger partial charge in [-0.2, -0.15) is 0 Å². The van der Waals surface area contributed by atoms with Crippen LogP contribution >= 0.6 is 0 Å². The molecular formula is C13H22N2O. The number of amides is 1. The highest BCUT2D eigenvalue weighted by molar-refractivity contribution is 5.81. The van der Waals surface area contributed by atoms with E-state index in [4.69, 9.17) is 0 Å². The predicted molar refractivity (Wildman–Crippen MR) is 63.1 cm³/mol. The summed E-state index contributed by atoms with van der Waals surface area (Å²) in [5.74, 6) is 0.848.